The van der Waals surface area contributed by atoms with Crippen molar-refractivity contribution in [2.45, 2.75) is 104 Å². The van der Waals surface area contributed by atoms with Crippen molar-refractivity contribution in [3.63, 3.8) is 0 Å². The quantitative estimate of drug-likeness (QED) is 0.176. The number of halogens is 2. The molecule has 1 aliphatic heterocycles. The first kappa shape index (κ1) is 37.6. The van der Waals surface area contributed by atoms with Gasteiger partial charge in [0.25, 0.3) is 11.8 Å². The second-order valence-corrected chi connectivity index (χ2v) is 14.7. The van der Waals surface area contributed by atoms with Crippen molar-refractivity contribution in [2.24, 2.45) is 34.8 Å². The second-order valence-electron chi connectivity index (χ2n) is 14.7. The van der Waals surface area contributed by atoms with Crippen molar-refractivity contribution in [2.75, 3.05) is 6.54 Å². The van der Waals surface area contributed by atoms with Crippen molar-refractivity contribution in [3.8, 4) is 0 Å². The summed E-state index contributed by atoms with van der Waals surface area (Å²) in [6, 6.07) is 3.13. The number of carbonyl (C=O) groups is 6. The molecule has 0 spiro atoms. The summed E-state index contributed by atoms with van der Waals surface area (Å²) in [7, 11) is 0. The van der Waals surface area contributed by atoms with Gasteiger partial charge in [0.15, 0.2) is 5.78 Å². The lowest BCUT2D eigenvalue weighted by Crippen LogP contribution is -2.61. The van der Waals surface area contributed by atoms with Gasteiger partial charge in [-0.15, -0.1) is 0 Å². The largest absolute Gasteiger partial charge is 0.363 e. The number of nitrogens with zero attached hydrogens (tertiary/aromatic N) is 1. The Morgan fingerprint density at radius 2 is 1.55 bits per heavy atom. The summed E-state index contributed by atoms with van der Waals surface area (Å²) in [5, 5.41) is 7.92. The van der Waals surface area contributed by atoms with E-state index >= 15 is 0 Å². The third kappa shape index (κ3) is 9.57. The van der Waals surface area contributed by atoms with Gasteiger partial charge in [0.05, 0.1) is 12.1 Å². The zero-order chi connectivity index (χ0) is 35.4. The van der Waals surface area contributed by atoms with Crippen LogP contribution in [0.3, 0.4) is 0 Å². The van der Waals surface area contributed by atoms with E-state index in [1.807, 2.05) is 13.8 Å². The van der Waals surface area contributed by atoms with Crippen molar-refractivity contribution in [1.29, 1.82) is 0 Å². The van der Waals surface area contributed by atoms with Gasteiger partial charge in [0, 0.05) is 24.4 Å². The number of hydrogen-bond donors (Lipinski definition) is 4. The number of ketones is 2. The SMILES string of the molecule is CC(C)C[C@H]1CCN(C(=O)[C@@H](NC(=O)N[C@H](C(=O)c2ccccc2)C(C)C)C(C)(C)C)[C@@H]1C(=O)NC(CC1CC1(F)F)C(=O)C(N)=O. The number of nitrogens with two attached hydrogens (primary N) is 1. The third-order valence-electron chi connectivity index (χ3n) is 8.88. The van der Waals surface area contributed by atoms with E-state index in [9.17, 15) is 37.5 Å². The van der Waals surface area contributed by atoms with Crippen LogP contribution in [0, 0.1) is 29.1 Å². The number of alkyl halides is 2. The van der Waals surface area contributed by atoms with E-state index in [0.717, 1.165) is 0 Å². The predicted octanol–water partition coefficient (Wildman–Crippen LogP) is 3.46. The molecule has 2 unspecified atom stereocenters. The molecule has 260 valence electrons. The van der Waals surface area contributed by atoms with Gasteiger partial charge < -0.3 is 26.6 Å². The van der Waals surface area contributed by atoms with Crippen LogP contribution < -0.4 is 21.7 Å². The Bertz CT molecular complexity index is 1350. The van der Waals surface area contributed by atoms with Crippen LogP contribution in [0.1, 0.15) is 84.5 Å². The van der Waals surface area contributed by atoms with Crippen LogP contribution in [-0.4, -0.2) is 76.9 Å². The van der Waals surface area contributed by atoms with Gasteiger partial charge in [-0.2, -0.15) is 0 Å². The molecule has 1 aliphatic carbocycles. The number of Topliss-reactive ketones (excluding diaryl/α,β-unsaturated/α-hetero) is 2. The Hall–Kier alpha value is -3.90. The highest BCUT2D eigenvalue weighted by molar-refractivity contribution is 6.37. The third-order valence-corrected chi connectivity index (χ3v) is 8.88. The smallest absolute Gasteiger partial charge is 0.316 e. The molecule has 11 nitrogen and oxygen atoms in total. The van der Waals surface area contributed by atoms with Crippen molar-refractivity contribution < 1.29 is 37.5 Å². The number of urea groups is 1. The maximum atomic E-state index is 14.2. The number of amides is 5. The lowest BCUT2D eigenvalue weighted by molar-refractivity contribution is -0.144. The highest BCUT2D eigenvalue weighted by atomic mass is 19.3. The van der Waals surface area contributed by atoms with E-state index in [4.69, 9.17) is 5.73 Å². The molecular weight excluding hydrogens is 612 g/mol. The molecule has 0 bridgehead atoms. The first-order valence-corrected chi connectivity index (χ1v) is 16.2. The van der Waals surface area contributed by atoms with Gasteiger partial charge in [-0.25, -0.2) is 13.6 Å². The number of likely N-dealkylation sites (tertiary alicyclic amines) is 1. The normalized spacial score (nSPS) is 22.3. The molecule has 13 heteroatoms. The molecule has 5 N–H and O–H groups in total. The summed E-state index contributed by atoms with van der Waals surface area (Å²) < 4.78 is 27.5. The molecule has 1 heterocycles. The Balaban J connectivity index is 1.85. The van der Waals surface area contributed by atoms with Crippen LogP contribution in [0.25, 0.3) is 0 Å². The first-order valence-electron chi connectivity index (χ1n) is 16.2. The minimum Gasteiger partial charge on any atom is -0.363 e. The van der Waals surface area contributed by atoms with Crippen molar-refractivity contribution >= 4 is 35.3 Å². The maximum Gasteiger partial charge on any atom is 0.316 e. The number of nitrogens with one attached hydrogen (secondary N) is 3. The van der Waals surface area contributed by atoms with Gasteiger partial charge >= 0.3 is 6.03 Å². The van der Waals surface area contributed by atoms with Crippen molar-refractivity contribution in [3.05, 3.63) is 35.9 Å². The van der Waals surface area contributed by atoms with Crippen LogP contribution in [0.2, 0.25) is 0 Å². The van der Waals surface area contributed by atoms with E-state index < -0.39 is 83.8 Å². The molecule has 2 aliphatic rings. The molecule has 1 aromatic rings. The van der Waals surface area contributed by atoms with Crippen LogP contribution >= 0.6 is 0 Å². The molecule has 1 aromatic carbocycles. The predicted molar refractivity (Wildman–Crippen MR) is 171 cm³/mol. The number of rotatable bonds is 14. The fraction of sp³-hybridized carbons (Fsp3) is 0.647. The van der Waals surface area contributed by atoms with Crippen LogP contribution in [0.15, 0.2) is 30.3 Å². The molecule has 0 aromatic heterocycles. The second kappa shape index (κ2) is 14.9. The molecule has 2 fully saturated rings. The van der Waals surface area contributed by atoms with Crippen LogP contribution in [-0.2, 0) is 19.2 Å². The summed E-state index contributed by atoms with van der Waals surface area (Å²) in [6.45, 7) is 12.9. The van der Waals surface area contributed by atoms with Gasteiger partial charge in [-0.05, 0) is 42.4 Å². The van der Waals surface area contributed by atoms with E-state index in [2.05, 4.69) is 16.0 Å². The van der Waals surface area contributed by atoms with E-state index in [0.29, 0.717) is 18.4 Å². The summed E-state index contributed by atoms with van der Waals surface area (Å²) in [4.78, 5) is 80.4. The number of primary amides is 1. The van der Waals surface area contributed by atoms with Crippen LogP contribution in [0.4, 0.5) is 13.6 Å². The molecular formula is C34H49F2N5O6. The zero-order valence-corrected chi connectivity index (χ0v) is 28.3. The molecule has 6 atom stereocenters. The molecule has 0 radical (unpaired) electrons. The number of hydrogen-bond acceptors (Lipinski definition) is 6. The van der Waals surface area contributed by atoms with Gasteiger partial charge in [-0.1, -0.05) is 78.8 Å². The van der Waals surface area contributed by atoms with E-state index in [-0.39, 0.29) is 30.1 Å². The molecule has 3 rings (SSSR count). The van der Waals surface area contributed by atoms with Gasteiger partial charge in [0.2, 0.25) is 17.6 Å². The Labute approximate surface area is 275 Å². The summed E-state index contributed by atoms with van der Waals surface area (Å²) in [6.07, 6.45) is 0.0656. The maximum absolute atomic E-state index is 14.2. The zero-order valence-electron chi connectivity index (χ0n) is 28.3. The molecule has 1 saturated carbocycles. The minimum atomic E-state index is -3.00. The summed E-state index contributed by atoms with van der Waals surface area (Å²) in [5.74, 6) is -8.79. The fourth-order valence-electron chi connectivity index (χ4n) is 6.23. The highest BCUT2D eigenvalue weighted by Crippen LogP contribution is 2.51. The Morgan fingerprint density at radius 1 is 0.957 bits per heavy atom. The summed E-state index contributed by atoms with van der Waals surface area (Å²) in [5.41, 5.74) is 4.76. The molecule has 47 heavy (non-hydrogen) atoms. The van der Waals surface area contributed by atoms with E-state index in [1.54, 1.807) is 65.0 Å². The lowest BCUT2D eigenvalue weighted by atomic mass is 9.85. The van der Waals surface area contributed by atoms with Crippen LogP contribution in [0.5, 0.6) is 0 Å². The first-order chi connectivity index (χ1) is 21.7. The molecule has 1 saturated heterocycles. The summed E-state index contributed by atoms with van der Waals surface area (Å²) >= 11 is 0. The lowest BCUT2D eigenvalue weighted by Gasteiger charge is -2.37. The number of carbonyl (C=O) groups excluding carboxylic acids is 6. The Morgan fingerprint density at radius 3 is 2.04 bits per heavy atom. The topological polar surface area (TPSA) is 168 Å². The standard InChI is InChI=1S/C34H49F2N5O6/c1-18(2)15-21-13-14-41(25(21)30(45)38-23(27(43)29(37)44)16-22-17-34(22,35)36)31(46)28(33(5,6)7)40-32(47)39-24(19(3)4)26(42)20-11-9-8-10-12-20/h8-12,18-19,21-25,28H,13-17H2,1-7H3,(H2,37,44)(H,38,45)(H2,39,40,47)/t21-,22?,23?,24+,25+,28-/m1/s1. The van der Waals surface area contributed by atoms with Gasteiger partial charge in [-0.3, -0.25) is 24.0 Å². The highest BCUT2D eigenvalue weighted by Gasteiger charge is 2.58. The number of benzene rings is 1. The average molecular weight is 662 g/mol. The minimum absolute atomic E-state index is 0.135. The van der Waals surface area contributed by atoms with E-state index in [1.165, 1.54) is 4.90 Å². The van der Waals surface area contributed by atoms with Gasteiger partial charge in [0.1, 0.15) is 12.1 Å². The van der Waals surface area contributed by atoms with Crippen molar-refractivity contribution in [1.82, 2.24) is 20.9 Å². The molecule has 5 amide bonds. The average Bonchev–Trinajstić information content (AvgIpc) is 3.36. The monoisotopic (exact) mass is 661 g/mol. The fourth-order valence-corrected chi connectivity index (χ4v) is 6.23. The Kier molecular flexibility index (Phi) is 11.9.